The van der Waals surface area contributed by atoms with Crippen molar-refractivity contribution in [1.82, 2.24) is 58.6 Å². The number of para-hydroxylation sites is 3. The van der Waals surface area contributed by atoms with Crippen molar-refractivity contribution in [2.24, 2.45) is 0 Å². The van der Waals surface area contributed by atoms with Gasteiger partial charge in [-0.05, 0) is 137 Å². The van der Waals surface area contributed by atoms with Crippen LogP contribution in [-0.4, -0.2) is 103 Å². The van der Waals surface area contributed by atoms with E-state index >= 15 is 0 Å². The Morgan fingerprint density at radius 3 is 0.862 bits per heavy atom. The number of pyridine rings is 3. The van der Waals surface area contributed by atoms with Crippen molar-refractivity contribution in [3.05, 3.63) is 213 Å². The van der Waals surface area contributed by atoms with Crippen LogP contribution in [0.4, 0.5) is 0 Å². The van der Waals surface area contributed by atoms with Crippen LogP contribution in [0.25, 0.3) is 122 Å². The molecule has 16 nitrogen and oxygen atoms in total. The fraction of sp³-hybridized carbons (Fsp3) is 0.240. The van der Waals surface area contributed by atoms with Gasteiger partial charge in [0.2, 0.25) is 0 Å². The molecule has 14 aromatic rings. The molecule has 0 aliphatic rings. The zero-order valence-corrected chi connectivity index (χ0v) is 60.8. The van der Waals surface area contributed by atoms with Crippen LogP contribution >= 0.6 is 0 Å². The van der Waals surface area contributed by atoms with Gasteiger partial charge < -0.3 is 49.1 Å². The number of aliphatic hydroxyl groups excluding tert-OH is 4. The molecule has 0 aliphatic carbocycles. The molecule has 19 heteroatoms. The molecule has 489 valence electrons. The largest absolute Gasteiger partial charge is 0.393 e. The standard InChI is InChI=1S/2C23H17N4.C19H17N4.2C5H12O2.3Ir/c2*1-2-27-21-11-7-6-10-19(21)20-12-17(13-26-23(20)27)22-24-14-18(15-25-22)16-8-4-3-5-9-16;1-3-13-10-20-18(21-11-13)14-9-16-15-7-5-6-8-17(15)23(4-2)19(16)22-12-14;2*1-4(6)3-5(2)7;;;/h2*3-12,14-15H,2H2,1H3;5-11H,3-4H2,1-2H3;2*4-7H,3H2,1-2H3;;;/q3*-1;;;;;. The van der Waals surface area contributed by atoms with Crippen molar-refractivity contribution in [2.75, 3.05) is 0 Å². The van der Waals surface area contributed by atoms with E-state index in [1.165, 1.54) is 32.7 Å². The molecule has 4 N–H and O–H groups in total. The van der Waals surface area contributed by atoms with E-state index in [4.69, 9.17) is 20.4 Å². The van der Waals surface area contributed by atoms with Gasteiger partial charge in [0.1, 0.15) is 0 Å². The van der Waals surface area contributed by atoms with Gasteiger partial charge in [0.25, 0.3) is 0 Å². The average Bonchev–Trinajstić information content (AvgIpc) is 1.64. The summed E-state index contributed by atoms with van der Waals surface area (Å²) in [6.07, 6.45) is 20.9. The fourth-order valence-electron chi connectivity index (χ4n) is 11.1. The second-order valence-corrected chi connectivity index (χ2v) is 22.3. The maximum absolute atomic E-state index is 8.56. The SMILES string of the molecule is CC(O)CC(C)O.CC(O)CC(C)O.CCc1cnc(-c2[c-]nc3c(c2)c2ccccc2n3CC)nc1.CCn1c2ccccc2c2cc(-c3ncc(-c4ccccc4)cn3)[c-]nc21.CCn1c2ccccc2c2cc(-c3ncc(-c4ccccc4)cn3)[c-]nc21.[Ir].[Ir].[Ir]. The molecule has 0 saturated carbocycles. The third kappa shape index (κ3) is 17.5. The summed E-state index contributed by atoms with van der Waals surface area (Å²) in [5, 5.41) is 41.2. The fourth-order valence-corrected chi connectivity index (χ4v) is 11.1. The van der Waals surface area contributed by atoms with E-state index in [1.807, 2.05) is 73.6 Å². The number of benzene rings is 5. The van der Waals surface area contributed by atoms with Crippen LogP contribution in [0.15, 0.2) is 189 Å². The van der Waals surface area contributed by atoms with Gasteiger partial charge in [-0.15, -0.1) is 18.2 Å². The number of aliphatic hydroxyl groups is 4. The van der Waals surface area contributed by atoms with E-state index < -0.39 is 0 Å². The number of fused-ring (bicyclic) bond motifs is 9. The van der Waals surface area contributed by atoms with Crippen molar-refractivity contribution < 1.29 is 80.7 Å². The monoisotopic (exact) mass is 1790 g/mol. The minimum absolute atomic E-state index is 0. The van der Waals surface area contributed by atoms with Crippen LogP contribution in [0.1, 0.15) is 73.8 Å². The summed E-state index contributed by atoms with van der Waals surface area (Å²) in [5.41, 5.74) is 14.2. The molecule has 14 rings (SSSR count). The molecule has 0 fully saturated rings. The van der Waals surface area contributed by atoms with Gasteiger partial charge in [0, 0.05) is 145 Å². The molecule has 4 atom stereocenters. The van der Waals surface area contributed by atoms with E-state index in [0.717, 1.165) is 104 Å². The smallest absolute Gasteiger partial charge is 0.0763 e. The predicted octanol–water partition coefficient (Wildman–Crippen LogP) is 14.6. The van der Waals surface area contributed by atoms with Crippen molar-refractivity contribution in [3.63, 3.8) is 0 Å². The van der Waals surface area contributed by atoms with Crippen LogP contribution < -0.4 is 0 Å². The van der Waals surface area contributed by atoms with Gasteiger partial charge in [-0.3, -0.25) is 29.9 Å². The Morgan fingerprint density at radius 1 is 0.340 bits per heavy atom. The maximum atomic E-state index is 8.56. The Labute approximate surface area is 588 Å². The second kappa shape index (κ2) is 34.9. The van der Waals surface area contributed by atoms with Crippen LogP contribution in [0.5, 0.6) is 0 Å². The predicted molar refractivity (Wildman–Crippen MR) is 365 cm³/mol. The van der Waals surface area contributed by atoms with Gasteiger partial charge in [0.05, 0.1) is 58.8 Å². The zero-order chi connectivity index (χ0) is 64.0. The Kier molecular flexibility index (Phi) is 27.3. The first-order chi connectivity index (χ1) is 44.3. The Balaban J connectivity index is 0.000000179. The minimum Gasteiger partial charge on any atom is -0.393 e. The quantitative estimate of drug-likeness (QED) is 0.0792. The van der Waals surface area contributed by atoms with Crippen molar-refractivity contribution in [2.45, 2.75) is 119 Å². The molecular formula is C75H75Ir3N12O4-3. The van der Waals surface area contributed by atoms with Crippen molar-refractivity contribution in [3.8, 4) is 56.4 Å². The first kappa shape index (κ1) is 73.4. The van der Waals surface area contributed by atoms with Gasteiger partial charge in [-0.25, -0.2) is 0 Å². The molecule has 9 heterocycles. The summed E-state index contributed by atoms with van der Waals surface area (Å²) in [5.74, 6) is 1.94. The van der Waals surface area contributed by atoms with Crippen LogP contribution in [0.3, 0.4) is 0 Å². The summed E-state index contributed by atoms with van der Waals surface area (Å²) < 4.78 is 6.64. The van der Waals surface area contributed by atoms with E-state index in [-0.39, 0.29) is 84.7 Å². The van der Waals surface area contributed by atoms with E-state index in [0.29, 0.717) is 30.3 Å². The first-order valence-electron chi connectivity index (χ1n) is 30.9. The van der Waals surface area contributed by atoms with Crippen LogP contribution in [0.2, 0.25) is 0 Å². The number of rotatable bonds is 13. The molecular weight excluding hydrogens is 1710 g/mol. The summed E-state index contributed by atoms with van der Waals surface area (Å²) in [7, 11) is 0. The number of hydrogen-bond donors (Lipinski definition) is 4. The van der Waals surface area contributed by atoms with Crippen molar-refractivity contribution >= 4 is 65.8 Å². The van der Waals surface area contributed by atoms with Crippen LogP contribution in [0, 0.1) is 18.6 Å². The summed E-state index contributed by atoms with van der Waals surface area (Å²) in [4.78, 5) is 40.9. The number of aryl methyl sites for hydroxylation is 4. The Morgan fingerprint density at radius 2 is 0.606 bits per heavy atom. The van der Waals surface area contributed by atoms with E-state index in [9.17, 15) is 0 Å². The molecule has 94 heavy (non-hydrogen) atoms. The Hall–Kier alpha value is -8.02. The topological polar surface area (TPSA) is 212 Å². The number of hydrogen-bond acceptors (Lipinski definition) is 13. The van der Waals surface area contributed by atoms with Crippen molar-refractivity contribution in [1.29, 1.82) is 0 Å². The molecule has 4 unspecified atom stereocenters. The molecule has 0 aliphatic heterocycles. The normalized spacial score (nSPS) is 12.1. The van der Waals surface area contributed by atoms with E-state index in [2.05, 4.69) is 220 Å². The summed E-state index contributed by atoms with van der Waals surface area (Å²) in [6, 6.07) is 51.7. The average molecular weight is 1790 g/mol. The number of aromatic nitrogens is 12. The number of nitrogens with zero attached hydrogens (tertiary/aromatic N) is 12. The molecule has 0 amide bonds. The molecule has 0 saturated heterocycles. The molecule has 0 spiro atoms. The van der Waals surface area contributed by atoms with Gasteiger partial charge in [-0.2, -0.15) is 0 Å². The third-order valence-electron chi connectivity index (χ3n) is 15.3. The van der Waals surface area contributed by atoms with Gasteiger partial charge in [0.15, 0.2) is 0 Å². The van der Waals surface area contributed by atoms with E-state index in [1.54, 1.807) is 27.7 Å². The Bertz CT molecular complexity index is 4440. The zero-order valence-electron chi connectivity index (χ0n) is 53.6. The molecule has 3 radical (unpaired) electrons. The first-order valence-corrected chi connectivity index (χ1v) is 30.9. The molecule has 5 aromatic carbocycles. The van der Waals surface area contributed by atoms with Gasteiger partial charge >= 0.3 is 0 Å². The molecule has 9 aromatic heterocycles. The summed E-state index contributed by atoms with van der Waals surface area (Å²) >= 11 is 0. The van der Waals surface area contributed by atoms with Crippen LogP contribution in [-0.2, 0) is 86.4 Å². The molecule has 0 bridgehead atoms. The van der Waals surface area contributed by atoms with Gasteiger partial charge in [-0.1, -0.05) is 155 Å². The maximum Gasteiger partial charge on any atom is 0.0763 e. The second-order valence-electron chi connectivity index (χ2n) is 22.3. The summed E-state index contributed by atoms with van der Waals surface area (Å²) in [6.45, 7) is 17.7. The minimum atomic E-state index is -0.375. The third-order valence-corrected chi connectivity index (χ3v) is 15.3.